The van der Waals surface area contributed by atoms with E-state index in [9.17, 15) is 13.6 Å². The number of nitrogens with zero attached hydrogens (tertiary/aromatic N) is 2. The van der Waals surface area contributed by atoms with E-state index in [1.807, 2.05) is 6.92 Å². The van der Waals surface area contributed by atoms with Gasteiger partial charge in [-0.2, -0.15) is 0 Å². The van der Waals surface area contributed by atoms with E-state index < -0.39 is 5.82 Å². The van der Waals surface area contributed by atoms with Gasteiger partial charge in [-0.15, -0.1) is 0 Å². The normalized spacial score (nSPS) is 16.4. The van der Waals surface area contributed by atoms with Crippen molar-refractivity contribution in [1.29, 1.82) is 0 Å². The maximum absolute atomic E-state index is 13.7. The van der Waals surface area contributed by atoms with Gasteiger partial charge in [-0.3, -0.25) is 14.7 Å². The lowest BCUT2D eigenvalue weighted by Crippen LogP contribution is -2.31. The van der Waals surface area contributed by atoms with Crippen molar-refractivity contribution in [3.8, 4) is 0 Å². The molecule has 160 valence electrons. The van der Waals surface area contributed by atoms with E-state index in [1.165, 1.54) is 18.2 Å². The van der Waals surface area contributed by atoms with Gasteiger partial charge < -0.3 is 5.32 Å². The number of hydrogen-bond donors (Lipinski definition) is 1. The van der Waals surface area contributed by atoms with Gasteiger partial charge in [-0.25, -0.2) is 8.78 Å². The van der Waals surface area contributed by atoms with Crippen molar-refractivity contribution >= 4 is 11.6 Å². The Hall–Kier alpha value is -3.12. The third kappa shape index (κ3) is 5.52. The second-order valence-corrected chi connectivity index (χ2v) is 8.09. The minimum absolute atomic E-state index is 0.203. The number of amides is 1. The van der Waals surface area contributed by atoms with Crippen molar-refractivity contribution in [2.45, 2.75) is 25.7 Å². The Balaban J connectivity index is 1.38. The molecule has 6 heteroatoms. The summed E-state index contributed by atoms with van der Waals surface area (Å²) >= 11 is 0. The third-order valence-corrected chi connectivity index (χ3v) is 5.56. The van der Waals surface area contributed by atoms with E-state index in [0.29, 0.717) is 0 Å². The molecule has 0 radical (unpaired) electrons. The lowest BCUT2D eigenvalue weighted by Gasteiger charge is -2.16. The number of benzene rings is 2. The van der Waals surface area contributed by atoms with Crippen LogP contribution < -0.4 is 5.32 Å². The summed E-state index contributed by atoms with van der Waals surface area (Å²) in [5, 5.41) is 2.64. The van der Waals surface area contributed by atoms with E-state index in [4.69, 9.17) is 4.98 Å². The fraction of sp³-hybridized carbons (Fsp3) is 0.280. The maximum atomic E-state index is 13.7. The Labute approximate surface area is 180 Å². The summed E-state index contributed by atoms with van der Waals surface area (Å²) < 4.78 is 26.9. The Kier molecular flexibility index (Phi) is 6.37. The van der Waals surface area contributed by atoms with Gasteiger partial charge >= 0.3 is 0 Å². The number of halogens is 2. The first-order chi connectivity index (χ1) is 15.0. The molecule has 0 spiro atoms. The van der Waals surface area contributed by atoms with Crippen molar-refractivity contribution in [2.24, 2.45) is 0 Å². The fourth-order valence-corrected chi connectivity index (χ4v) is 4.09. The van der Waals surface area contributed by atoms with Crippen molar-refractivity contribution in [2.75, 3.05) is 25.0 Å². The molecule has 1 atom stereocenters. The number of rotatable bonds is 6. The Morgan fingerprint density at radius 3 is 2.65 bits per heavy atom. The number of carbonyl (C=O) groups excluding carboxylic acids is 1. The summed E-state index contributed by atoms with van der Waals surface area (Å²) in [6.07, 6.45) is 1.64. The molecular formula is C25H25F2N3O. The average molecular weight is 421 g/mol. The summed E-state index contributed by atoms with van der Waals surface area (Å²) in [4.78, 5) is 19.1. The molecule has 4 rings (SSSR count). The molecule has 3 aromatic rings. The van der Waals surface area contributed by atoms with Gasteiger partial charge in [0.25, 0.3) is 0 Å². The summed E-state index contributed by atoms with van der Waals surface area (Å²) in [6, 6.07) is 16.9. The molecule has 1 aliphatic rings. The summed E-state index contributed by atoms with van der Waals surface area (Å²) in [6.45, 7) is 3.72. The van der Waals surface area contributed by atoms with E-state index in [2.05, 4.69) is 22.3 Å². The summed E-state index contributed by atoms with van der Waals surface area (Å²) in [5.41, 5.74) is 4.37. The highest BCUT2D eigenvalue weighted by Gasteiger charge is 2.26. The highest BCUT2D eigenvalue weighted by atomic mass is 19.1. The molecule has 0 aliphatic carbocycles. The minimum Gasteiger partial charge on any atom is -0.322 e. The number of para-hydroxylation sites is 1. The zero-order valence-electron chi connectivity index (χ0n) is 17.4. The predicted octanol–water partition coefficient (Wildman–Crippen LogP) is 4.69. The number of aryl methyl sites for hydroxylation is 1. The summed E-state index contributed by atoms with van der Waals surface area (Å²) in [7, 11) is 0. The number of carbonyl (C=O) groups is 1. The standard InChI is InChI=1S/C25H25F2N3O/c1-17-12-19(13-18-6-8-21(26)9-7-18)14-24(28-17)20-10-11-30(15-20)16-25(31)29-23-5-3-2-4-22(23)27/h2-9,12,14,20H,10-11,13,15-16H2,1H3,(H,29,31). The molecular weight excluding hydrogens is 396 g/mol. The molecule has 1 N–H and O–H groups in total. The van der Waals surface area contributed by atoms with E-state index in [1.54, 1.807) is 30.3 Å². The van der Waals surface area contributed by atoms with Crippen LogP contribution in [0.1, 0.15) is 34.9 Å². The van der Waals surface area contributed by atoms with Gasteiger partial charge in [0.05, 0.1) is 12.2 Å². The van der Waals surface area contributed by atoms with Crippen LogP contribution in [0.5, 0.6) is 0 Å². The lowest BCUT2D eigenvalue weighted by molar-refractivity contribution is -0.117. The first-order valence-electron chi connectivity index (χ1n) is 10.4. The smallest absolute Gasteiger partial charge is 0.238 e. The molecule has 1 amide bonds. The molecule has 1 fully saturated rings. The number of pyridine rings is 1. The molecule has 2 heterocycles. The molecule has 0 saturated carbocycles. The molecule has 1 unspecified atom stereocenters. The molecule has 1 saturated heterocycles. The zero-order chi connectivity index (χ0) is 21.8. The van der Waals surface area contributed by atoms with Crippen LogP contribution in [0.3, 0.4) is 0 Å². The lowest BCUT2D eigenvalue weighted by atomic mass is 9.98. The number of aromatic nitrogens is 1. The number of nitrogens with one attached hydrogen (secondary N) is 1. The van der Waals surface area contributed by atoms with Crippen LogP contribution >= 0.6 is 0 Å². The molecule has 31 heavy (non-hydrogen) atoms. The Morgan fingerprint density at radius 1 is 1.10 bits per heavy atom. The van der Waals surface area contributed by atoms with Gasteiger partial charge in [0.15, 0.2) is 0 Å². The van der Waals surface area contributed by atoms with Crippen LogP contribution in [0.25, 0.3) is 0 Å². The average Bonchev–Trinajstić information content (AvgIpc) is 3.19. The Bertz CT molecular complexity index is 1070. The monoisotopic (exact) mass is 421 g/mol. The highest BCUT2D eigenvalue weighted by molar-refractivity contribution is 5.92. The SMILES string of the molecule is Cc1cc(Cc2ccc(F)cc2)cc(C2CCN(CC(=O)Nc3ccccc3F)C2)n1. The van der Waals surface area contributed by atoms with E-state index in [0.717, 1.165) is 48.4 Å². The number of hydrogen-bond acceptors (Lipinski definition) is 3. The maximum Gasteiger partial charge on any atom is 0.238 e. The second kappa shape index (κ2) is 9.35. The number of likely N-dealkylation sites (tertiary alicyclic amines) is 1. The highest BCUT2D eigenvalue weighted by Crippen LogP contribution is 2.27. The van der Waals surface area contributed by atoms with Crippen molar-refractivity contribution in [3.05, 3.63) is 94.8 Å². The predicted molar refractivity (Wildman–Crippen MR) is 117 cm³/mol. The van der Waals surface area contributed by atoms with Crippen LogP contribution in [-0.4, -0.2) is 35.4 Å². The quantitative estimate of drug-likeness (QED) is 0.628. The van der Waals surface area contributed by atoms with Crippen LogP contribution in [0.15, 0.2) is 60.7 Å². The Morgan fingerprint density at radius 2 is 1.87 bits per heavy atom. The van der Waals surface area contributed by atoms with Crippen LogP contribution in [0.2, 0.25) is 0 Å². The topological polar surface area (TPSA) is 45.2 Å². The molecule has 1 aliphatic heterocycles. The first-order valence-corrected chi connectivity index (χ1v) is 10.4. The van der Waals surface area contributed by atoms with Crippen LogP contribution in [-0.2, 0) is 11.2 Å². The van der Waals surface area contributed by atoms with Crippen molar-refractivity contribution < 1.29 is 13.6 Å². The number of anilines is 1. The third-order valence-electron chi connectivity index (χ3n) is 5.56. The largest absolute Gasteiger partial charge is 0.322 e. The zero-order valence-corrected chi connectivity index (χ0v) is 17.4. The second-order valence-electron chi connectivity index (χ2n) is 8.09. The van der Waals surface area contributed by atoms with Gasteiger partial charge in [-0.05, 0) is 73.8 Å². The fourth-order valence-electron chi connectivity index (χ4n) is 4.09. The summed E-state index contributed by atoms with van der Waals surface area (Å²) in [5.74, 6) is -0.652. The van der Waals surface area contributed by atoms with Gasteiger partial charge in [0.2, 0.25) is 5.91 Å². The van der Waals surface area contributed by atoms with Crippen molar-refractivity contribution in [1.82, 2.24) is 9.88 Å². The van der Waals surface area contributed by atoms with E-state index in [-0.39, 0.29) is 29.9 Å². The van der Waals surface area contributed by atoms with Crippen molar-refractivity contribution in [3.63, 3.8) is 0 Å². The van der Waals surface area contributed by atoms with Crippen LogP contribution in [0, 0.1) is 18.6 Å². The first kappa shape index (κ1) is 21.1. The van der Waals surface area contributed by atoms with Gasteiger partial charge in [-0.1, -0.05) is 24.3 Å². The molecule has 1 aromatic heterocycles. The molecule has 2 aromatic carbocycles. The molecule has 4 nitrogen and oxygen atoms in total. The van der Waals surface area contributed by atoms with Gasteiger partial charge in [0, 0.05) is 23.9 Å². The van der Waals surface area contributed by atoms with Gasteiger partial charge in [0.1, 0.15) is 11.6 Å². The van der Waals surface area contributed by atoms with E-state index >= 15 is 0 Å². The minimum atomic E-state index is -0.437. The molecule has 0 bridgehead atoms. The van der Waals surface area contributed by atoms with Crippen LogP contribution in [0.4, 0.5) is 14.5 Å².